The first kappa shape index (κ1) is 32.1. The molecule has 5 aliphatic rings. The lowest BCUT2D eigenvalue weighted by Crippen LogP contribution is -2.66. The number of amides is 1. The van der Waals surface area contributed by atoms with E-state index in [4.69, 9.17) is 5.73 Å². The summed E-state index contributed by atoms with van der Waals surface area (Å²) in [5.41, 5.74) is 4.76. The highest BCUT2D eigenvalue weighted by Gasteiger charge is 2.70. The summed E-state index contributed by atoms with van der Waals surface area (Å²) in [7, 11) is 0. The van der Waals surface area contributed by atoms with E-state index in [-0.39, 0.29) is 57.0 Å². The van der Waals surface area contributed by atoms with Gasteiger partial charge in [-0.3, -0.25) is 14.4 Å². The molecule has 0 spiro atoms. The number of nitrogens with one attached hydrogen (secondary N) is 1. The van der Waals surface area contributed by atoms with E-state index >= 15 is 0 Å². The number of nitrogens with zero attached hydrogens (tertiary/aromatic N) is 1. The molecule has 0 aromatic heterocycles. The summed E-state index contributed by atoms with van der Waals surface area (Å²) in [6.45, 7) is 16.8. The number of hydrogen-bond acceptors (Lipinski definition) is 5. The molecule has 0 saturated heterocycles. The topological polar surface area (TPSA) is 113 Å². The molecule has 0 aromatic rings. The van der Waals surface area contributed by atoms with Gasteiger partial charge in [0.2, 0.25) is 5.91 Å². The minimum atomic E-state index is -0.672. The van der Waals surface area contributed by atoms with Crippen LogP contribution in [0.15, 0.2) is 23.3 Å². The number of hydrogen-bond donors (Lipinski definition) is 2. The van der Waals surface area contributed by atoms with Gasteiger partial charge in [0.25, 0.3) is 0 Å². The maximum atomic E-state index is 14.6. The standard InChI is InChI=1S/C37H55N3O3/c1-32(2)14-16-37(31(43)40-19-11-9-8-10-18-38)17-15-36(7)29(25(37)22-32)26(41)20-28-34(5)21-24(23-39)30(42)33(3,4)27(34)12-13-35(28,36)6/h20-21,25,27,29H,8-19,22,38H2,1-7H3,(H,40,43)/t25-,27-,29-,34-,35+,36+,37-/m0/s1. The number of nitriles is 1. The van der Waals surface area contributed by atoms with E-state index in [9.17, 15) is 19.6 Å². The van der Waals surface area contributed by atoms with Crippen molar-refractivity contribution in [3.63, 3.8) is 0 Å². The molecular formula is C37H55N3O3. The fraction of sp³-hybridized carbons (Fsp3) is 0.784. The summed E-state index contributed by atoms with van der Waals surface area (Å²) in [5, 5.41) is 13.3. The molecule has 5 aliphatic carbocycles. The van der Waals surface area contributed by atoms with Crippen LogP contribution in [-0.4, -0.2) is 30.6 Å². The molecule has 43 heavy (non-hydrogen) atoms. The molecule has 7 atom stereocenters. The number of Topliss-reactive ketones (excluding diaryl/α,β-unsaturated/α-hetero) is 1. The molecule has 0 radical (unpaired) electrons. The highest BCUT2D eigenvalue weighted by atomic mass is 16.2. The molecule has 5 rings (SSSR count). The Labute approximate surface area is 259 Å². The van der Waals surface area contributed by atoms with Crippen LogP contribution in [0.1, 0.15) is 119 Å². The number of allylic oxidation sites excluding steroid dienone is 4. The lowest BCUT2D eigenvalue weighted by Gasteiger charge is -2.69. The van der Waals surface area contributed by atoms with Crippen molar-refractivity contribution in [1.82, 2.24) is 5.32 Å². The Morgan fingerprint density at radius 2 is 1.65 bits per heavy atom. The maximum Gasteiger partial charge on any atom is 0.226 e. The van der Waals surface area contributed by atoms with Crippen LogP contribution < -0.4 is 11.1 Å². The van der Waals surface area contributed by atoms with Gasteiger partial charge in [0.1, 0.15) is 6.07 Å². The SMILES string of the molecule is CC1(C)CC[C@]2(C(=O)NCCCCCCN)CC[C@]3(C)[C@H](C(=O)C=C4[C@@]5(C)C=C(C#N)C(=O)C(C)(C)[C@@H]5CC[C@]43C)[C@@H]2C1. The van der Waals surface area contributed by atoms with Gasteiger partial charge in [-0.2, -0.15) is 5.26 Å². The number of carbonyl (C=O) groups excluding carboxylic acids is 3. The summed E-state index contributed by atoms with van der Waals surface area (Å²) < 4.78 is 0. The summed E-state index contributed by atoms with van der Waals surface area (Å²) in [4.78, 5) is 42.1. The van der Waals surface area contributed by atoms with Crippen molar-refractivity contribution >= 4 is 17.5 Å². The zero-order chi connectivity index (χ0) is 31.6. The van der Waals surface area contributed by atoms with E-state index in [2.05, 4.69) is 46.0 Å². The zero-order valence-corrected chi connectivity index (χ0v) is 27.8. The van der Waals surface area contributed by atoms with E-state index < -0.39 is 16.2 Å². The first-order valence-electron chi connectivity index (χ1n) is 17.0. The van der Waals surface area contributed by atoms with Crippen LogP contribution in [0.4, 0.5) is 0 Å². The molecule has 6 heteroatoms. The van der Waals surface area contributed by atoms with Crippen LogP contribution in [0.3, 0.4) is 0 Å². The molecule has 0 unspecified atom stereocenters. The van der Waals surface area contributed by atoms with Crippen LogP contribution in [0.25, 0.3) is 0 Å². The molecule has 0 aliphatic heterocycles. The molecule has 3 N–H and O–H groups in total. The summed E-state index contributed by atoms with van der Waals surface area (Å²) in [6, 6.07) is 2.20. The Hall–Kier alpha value is -2.26. The van der Waals surface area contributed by atoms with Gasteiger partial charge in [-0.15, -0.1) is 0 Å². The highest BCUT2D eigenvalue weighted by molar-refractivity contribution is 6.04. The van der Waals surface area contributed by atoms with Crippen molar-refractivity contribution in [2.45, 2.75) is 119 Å². The molecule has 0 heterocycles. The predicted molar refractivity (Wildman–Crippen MR) is 169 cm³/mol. The van der Waals surface area contributed by atoms with Crippen LogP contribution in [0.2, 0.25) is 0 Å². The third-order valence-corrected chi connectivity index (χ3v) is 13.7. The predicted octanol–water partition coefficient (Wildman–Crippen LogP) is 6.84. The fourth-order valence-corrected chi connectivity index (χ4v) is 11.0. The van der Waals surface area contributed by atoms with Crippen molar-refractivity contribution in [1.29, 1.82) is 5.26 Å². The third kappa shape index (κ3) is 4.62. The number of fused-ring (bicyclic) bond motifs is 7. The third-order valence-electron chi connectivity index (χ3n) is 13.7. The molecule has 3 fully saturated rings. The van der Waals surface area contributed by atoms with Gasteiger partial charge in [-0.1, -0.05) is 73.0 Å². The minimum absolute atomic E-state index is 0.00511. The Morgan fingerprint density at radius 1 is 0.977 bits per heavy atom. The van der Waals surface area contributed by atoms with E-state index in [0.29, 0.717) is 13.1 Å². The Kier molecular flexibility index (Phi) is 7.98. The van der Waals surface area contributed by atoms with Crippen molar-refractivity contribution in [3.05, 3.63) is 23.3 Å². The first-order valence-corrected chi connectivity index (χ1v) is 17.0. The molecule has 236 valence electrons. The maximum absolute atomic E-state index is 14.6. The van der Waals surface area contributed by atoms with E-state index in [1.165, 1.54) is 0 Å². The highest BCUT2D eigenvalue weighted by Crippen LogP contribution is 2.74. The van der Waals surface area contributed by atoms with Gasteiger partial charge in [0, 0.05) is 23.3 Å². The normalized spacial score (nSPS) is 41.0. The van der Waals surface area contributed by atoms with Crippen LogP contribution in [0, 0.1) is 61.6 Å². The zero-order valence-electron chi connectivity index (χ0n) is 27.8. The van der Waals surface area contributed by atoms with Gasteiger partial charge in [0.05, 0.1) is 11.0 Å². The van der Waals surface area contributed by atoms with Gasteiger partial charge in [-0.05, 0) is 98.5 Å². The lowest BCUT2D eigenvalue weighted by atomic mass is 9.34. The van der Waals surface area contributed by atoms with Gasteiger partial charge in [0.15, 0.2) is 11.6 Å². The van der Waals surface area contributed by atoms with Crippen molar-refractivity contribution in [2.24, 2.45) is 56.0 Å². The van der Waals surface area contributed by atoms with E-state index in [1.54, 1.807) is 0 Å². The van der Waals surface area contributed by atoms with E-state index in [1.807, 2.05) is 26.0 Å². The monoisotopic (exact) mass is 589 g/mol. The second-order valence-corrected chi connectivity index (χ2v) is 16.9. The smallest absolute Gasteiger partial charge is 0.226 e. The second-order valence-electron chi connectivity index (χ2n) is 16.9. The molecule has 0 aromatic carbocycles. The largest absolute Gasteiger partial charge is 0.356 e. The van der Waals surface area contributed by atoms with Gasteiger partial charge >= 0.3 is 0 Å². The lowest BCUT2D eigenvalue weighted by molar-refractivity contribution is -0.178. The molecule has 6 nitrogen and oxygen atoms in total. The van der Waals surface area contributed by atoms with Crippen molar-refractivity contribution in [3.8, 4) is 6.07 Å². The van der Waals surface area contributed by atoms with Crippen LogP contribution in [0.5, 0.6) is 0 Å². The average molecular weight is 590 g/mol. The summed E-state index contributed by atoms with van der Waals surface area (Å²) in [6.07, 6.45) is 14.1. The van der Waals surface area contributed by atoms with Gasteiger partial charge < -0.3 is 11.1 Å². The number of unbranched alkanes of at least 4 members (excludes halogenated alkanes) is 3. The average Bonchev–Trinajstić information content (AvgIpc) is 2.93. The quantitative estimate of drug-likeness (QED) is 0.316. The molecule has 3 saturated carbocycles. The van der Waals surface area contributed by atoms with Crippen LogP contribution >= 0.6 is 0 Å². The second kappa shape index (κ2) is 10.7. The van der Waals surface area contributed by atoms with Crippen molar-refractivity contribution in [2.75, 3.05) is 13.1 Å². The number of rotatable bonds is 7. The minimum Gasteiger partial charge on any atom is -0.356 e. The van der Waals surface area contributed by atoms with Crippen molar-refractivity contribution < 1.29 is 14.4 Å². The Morgan fingerprint density at radius 3 is 2.33 bits per heavy atom. The first-order chi connectivity index (χ1) is 20.0. The Bertz CT molecular complexity index is 1300. The number of nitrogens with two attached hydrogens (primary N) is 1. The van der Waals surface area contributed by atoms with Gasteiger partial charge in [-0.25, -0.2) is 0 Å². The van der Waals surface area contributed by atoms with E-state index in [0.717, 1.165) is 76.2 Å². The Balaban J connectivity index is 1.55. The number of ketones is 2. The summed E-state index contributed by atoms with van der Waals surface area (Å²) >= 11 is 0. The molecule has 0 bridgehead atoms. The molecule has 1 amide bonds. The fourth-order valence-electron chi connectivity index (χ4n) is 11.0. The summed E-state index contributed by atoms with van der Waals surface area (Å²) in [5.74, 6) is 0.0392. The molecular weight excluding hydrogens is 534 g/mol. The van der Waals surface area contributed by atoms with Crippen LogP contribution in [-0.2, 0) is 14.4 Å². The number of carbonyl (C=O) groups is 3.